The number of esters is 1. The van der Waals surface area contributed by atoms with E-state index in [0.717, 1.165) is 33.4 Å². The van der Waals surface area contributed by atoms with Crippen molar-refractivity contribution in [3.8, 4) is 0 Å². The Morgan fingerprint density at radius 3 is 1.09 bits per heavy atom. The zero-order valence-corrected chi connectivity index (χ0v) is 39.1. The maximum Gasteiger partial charge on any atom is 0.303 e. The first-order valence-electron chi connectivity index (χ1n) is 23.5. The Kier molecular flexibility index (Phi) is 19.0. The average molecular weight is 939 g/mol. The van der Waals surface area contributed by atoms with Crippen LogP contribution in [0.15, 0.2) is 182 Å². The lowest BCUT2D eigenvalue weighted by molar-refractivity contribution is -0.372. The first-order valence-corrected chi connectivity index (χ1v) is 23.5. The minimum atomic E-state index is -1.27. The summed E-state index contributed by atoms with van der Waals surface area (Å²) in [4.78, 5) is 13.3. The lowest BCUT2D eigenvalue weighted by Crippen LogP contribution is -2.66. The molecule has 0 aromatic heterocycles. The van der Waals surface area contributed by atoms with E-state index in [1.807, 2.05) is 182 Å². The highest BCUT2D eigenvalue weighted by Crippen LogP contribution is 2.36. The second-order valence-electron chi connectivity index (χ2n) is 17.0. The van der Waals surface area contributed by atoms with E-state index in [2.05, 4.69) is 0 Å². The van der Waals surface area contributed by atoms with Crippen molar-refractivity contribution in [1.29, 1.82) is 0 Å². The molecule has 12 heteroatoms. The van der Waals surface area contributed by atoms with Gasteiger partial charge in [0.15, 0.2) is 18.7 Å². The van der Waals surface area contributed by atoms with Gasteiger partial charge in [0.2, 0.25) is 0 Å². The zero-order valence-electron chi connectivity index (χ0n) is 39.1. The molecule has 0 bridgehead atoms. The number of benzene rings is 6. The maximum atomic E-state index is 13.3. The van der Waals surface area contributed by atoms with Crippen LogP contribution in [0, 0.1) is 0 Å². The van der Waals surface area contributed by atoms with Crippen LogP contribution in [0.1, 0.15) is 40.3 Å². The Balaban J connectivity index is 1.17. The molecule has 0 aliphatic carbocycles. The van der Waals surface area contributed by atoms with Crippen LogP contribution in [-0.4, -0.2) is 87.7 Å². The van der Waals surface area contributed by atoms with Crippen molar-refractivity contribution in [2.45, 2.75) is 108 Å². The smallest absolute Gasteiger partial charge is 0.303 e. The SMILES string of the molecule is CO[C@H]1O[C@H](COCc2ccccc2)[C@H](O[C@@H]2O[C@H](COCc3ccccc3)[C@@H](OCc3ccccc3)[C@H](OCc3ccccc3)[C@H]2OC(C)=O)[C@@H](OCc2ccccc2)[C@H]1OCc1ccccc1. The second kappa shape index (κ2) is 26.4. The van der Waals surface area contributed by atoms with Crippen molar-refractivity contribution in [2.75, 3.05) is 20.3 Å². The highest BCUT2D eigenvalue weighted by atomic mass is 16.8. The molecule has 0 unspecified atom stereocenters. The molecule has 10 atom stereocenters. The molecular weight excluding hydrogens is 877 g/mol. The molecule has 2 aliphatic rings. The van der Waals surface area contributed by atoms with Crippen LogP contribution in [0.2, 0.25) is 0 Å². The highest BCUT2D eigenvalue weighted by molar-refractivity contribution is 5.66. The second-order valence-corrected chi connectivity index (χ2v) is 17.0. The van der Waals surface area contributed by atoms with Gasteiger partial charge in [-0.2, -0.15) is 0 Å². The number of carbonyl (C=O) groups excluding carboxylic acids is 1. The summed E-state index contributed by atoms with van der Waals surface area (Å²) < 4.78 is 73.6. The molecule has 362 valence electrons. The molecule has 0 spiro atoms. The van der Waals surface area contributed by atoms with Crippen LogP contribution in [0.3, 0.4) is 0 Å². The summed E-state index contributed by atoms with van der Waals surface area (Å²) in [6.07, 6.45) is -9.24. The van der Waals surface area contributed by atoms with Crippen LogP contribution in [0.25, 0.3) is 0 Å². The Bertz CT molecular complexity index is 2350. The quantitative estimate of drug-likeness (QED) is 0.0539. The van der Waals surface area contributed by atoms with Crippen molar-refractivity contribution in [3.05, 3.63) is 215 Å². The number of ether oxygens (including phenoxy) is 11. The van der Waals surface area contributed by atoms with Gasteiger partial charge in [0.05, 0.1) is 52.9 Å². The summed E-state index contributed by atoms with van der Waals surface area (Å²) in [5.74, 6) is -0.561. The van der Waals surface area contributed by atoms with Crippen LogP contribution in [0.5, 0.6) is 0 Å². The summed E-state index contributed by atoms with van der Waals surface area (Å²) in [7, 11) is 1.58. The van der Waals surface area contributed by atoms with Crippen molar-refractivity contribution in [1.82, 2.24) is 0 Å². The summed E-state index contributed by atoms with van der Waals surface area (Å²) in [6, 6.07) is 59.2. The lowest BCUT2D eigenvalue weighted by Gasteiger charge is -2.49. The van der Waals surface area contributed by atoms with E-state index in [4.69, 9.17) is 52.1 Å². The molecule has 0 N–H and O–H groups in total. The largest absolute Gasteiger partial charge is 0.454 e. The van der Waals surface area contributed by atoms with Gasteiger partial charge in [0, 0.05) is 14.0 Å². The molecule has 6 aromatic rings. The van der Waals surface area contributed by atoms with Crippen LogP contribution in [0.4, 0.5) is 0 Å². The summed E-state index contributed by atoms with van der Waals surface area (Å²) in [5.41, 5.74) is 5.71. The predicted molar refractivity (Wildman–Crippen MR) is 257 cm³/mol. The Morgan fingerprint density at radius 2 is 0.710 bits per heavy atom. The molecule has 69 heavy (non-hydrogen) atoms. The van der Waals surface area contributed by atoms with Gasteiger partial charge in [-0.1, -0.05) is 182 Å². The average Bonchev–Trinajstić information content (AvgIpc) is 3.39. The van der Waals surface area contributed by atoms with E-state index in [9.17, 15) is 4.79 Å². The fourth-order valence-electron chi connectivity index (χ4n) is 8.52. The van der Waals surface area contributed by atoms with E-state index >= 15 is 0 Å². The van der Waals surface area contributed by atoms with Gasteiger partial charge in [0.1, 0.15) is 42.7 Å². The van der Waals surface area contributed by atoms with Crippen LogP contribution in [-0.2, 0) is 96.5 Å². The molecule has 0 saturated carbocycles. The molecule has 0 amide bonds. The Labute approximate surface area is 405 Å². The lowest BCUT2D eigenvalue weighted by atomic mass is 9.95. The number of hydrogen-bond donors (Lipinski definition) is 0. The third-order valence-corrected chi connectivity index (χ3v) is 11.9. The van der Waals surface area contributed by atoms with Gasteiger partial charge in [0.25, 0.3) is 0 Å². The van der Waals surface area contributed by atoms with Gasteiger partial charge >= 0.3 is 5.97 Å². The van der Waals surface area contributed by atoms with Gasteiger partial charge in [-0.15, -0.1) is 0 Å². The predicted octanol–water partition coefficient (Wildman–Crippen LogP) is 9.17. The molecule has 6 aromatic carbocycles. The van der Waals surface area contributed by atoms with Gasteiger partial charge < -0.3 is 52.1 Å². The highest BCUT2D eigenvalue weighted by Gasteiger charge is 2.55. The molecule has 2 heterocycles. The first-order chi connectivity index (χ1) is 34.0. The standard InChI is InChI=1S/C57H62O12/c1-41(58)66-55-52(63-36-45-27-15-6-16-28-45)50(62-35-44-25-13-5-14-26-44)48(39-60-33-42-21-9-3-10-22-42)68-57(55)69-51-49(40-61-34-43-23-11-4-12-24-43)67-56(59-2)54(65-38-47-31-19-8-20-32-47)53(51)64-37-46-29-17-7-18-30-46/h3-32,48-57H,33-40H2,1-2H3/t48-,49-,50-,51+,52+,53-,54-,55-,56+,57+/m1/s1. The van der Waals surface area contributed by atoms with E-state index in [1.165, 1.54) is 6.92 Å². The van der Waals surface area contributed by atoms with Crippen LogP contribution >= 0.6 is 0 Å². The van der Waals surface area contributed by atoms with Crippen molar-refractivity contribution >= 4 is 5.97 Å². The number of rotatable bonds is 24. The van der Waals surface area contributed by atoms with E-state index in [-0.39, 0.29) is 39.6 Å². The monoisotopic (exact) mass is 938 g/mol. The minimum Gasteiger partial charge on any atom is -0.454 e. The minimum absolute atomic E-state index is 0.0708. The van der Waals surface area contributed by atoms with Gasteiger partial charge in [-0.25, -0.2) is 0 Å². The van der Waals surface area contributed by atoms with E-state index in [1.54, 1.807) is 7.11 Å². The van der Waals surface area contributed by atoms with Crippen molar-refractivity contribution < 1.29 is 56.9 Å². The normalized spacial score (nSPS) is 24.7. The van der Waals surface area contributed by atoms with Crippen LogP contribution < -0.4 is 0 Å². The van der Waals surface area contributed by atoms with E-state index in [0.29, 0.717) is 13.2 Å². The fraction of sp³-hybridized carbons (Fsp3) is 0.351. The number of hydrogen-bond acceptors (Lipinski definition) is 12. The van der Waals surface area contributed by atoms with Crippen molar-refractivity contribution in [3.63, 3.8) is 0 Å². The van der Waals surface area contributed by atoms with E-state index < -0.39 is 67.4 Å². The first kappa shape index (κ1) is 49.8. The maximum absolute atomic E-state index is 13.3. The van der Waals surface area contributed by atoms with Crippen molar-refractivity contribution in [2.24, 2.45) is 0 Å². The fourth-order valence-corrected chi connectivity index (χ4v) is 8.52. The molecule has 12 nitrogen and oxygen atoms in total. The third kappa shape index (κ3) is 14.7. The molecule has 0 radical (unpaired) electrons. The summed E-state index contributed by atoms with van der Waals surface area (Å²) in [5, 5.41) is 0. The summed E-state index contributed by atoms with van der Waals surface area (Å²) >= 11 is 0. The summed E-state index contributed by atoms with van der Waals surface area (Å²) in [6.45, 7) is 2.96. The third-order valence-electron chi connectivity index (χ3n) is 11.9. The Hall–Kier alpha value is -5.61. The molecule has 8 rings (SSSR count). The topological polar surface area (TPSA) is 119 Å². The number of methoxy groups -OCH3 is 1. The molecule has 2 aliphatic heterocycles. The van der Waals surface area contributed by atoms with Gasteiger partial charge in [-0.05, 0) is 33.4 Å². The number of carbonyl (C=O) groups is 1. The Morgan fingerprint density at radius 1 is 0.391 bits per heavy atom. The molecule has 2 fully saturated rings. The van der Waals surface area contributed by atoms with Gasteiger partial charge in [-0.3, -0.25) is 4.79 Å². The molecular formula is C57H62O12. The molecule has 2 saturated heterocycles. The zero-order chi connectivity index (χ0) is 47.5.